The predicted molar refractivity (Wildman–Crippen MR) is 67.8 cm³/mol. The summed E-state index contributed by atoms with van der Waals surface area (Å²) in [7, 11) is -0.998. The molecule has 0 bridgehead atoms. The number of benzene rings is 1. The smallest absolute Gasteiger partial charge is 0.164 e. The average Bonchev–Trinajstić information content (AvgIpc) is 2.34. The lowest BCUT2D eigenvalue weighted by Crippen LogP contribution is -2.68. The molecule has 0 aliphatic rings. The van der Waals surface area contributed by atoms with Crippen LogP contribution in [-0.2, 0) is 6.42 Å². The summed E-state index contributed by atoms with van der Waals surface area (Å²) in [6, 6.07) is 8.34. The van der Waals surface area contributed by atoms with E-state index in [0.29, 0.717) is 0 Å². The fourth-order valence-corrected chi connectivity index (χ4v) is 1.39. The first kappa shape index (κ1) is 19.1. The quantitative estimate of drug-likeness (QED) is 0.495. The largest absolute Gasteiger partial charge is 0.241 e. The summed E-state index contributed by atoms with van der Waals surface area (Å²) < 4.78 is 35.9. The van der Waals surface area contributed by atoms with Crippen LogP contribution in [0.2, 0.25) is 0 Å². The first-order chi connectivity index (χ1) is 9.13. The van der Waals surface area contributed by atoms with Crippen LogP contribution in [0.5, 0.6) is 0 Å². The van der Waals surface area contributed by atoms with Crippen molar-refractivity contribution >= 4 is 22.8 Å². The van der Waals surface area contributed by atoms with E-state index in [1.807, 2.05) is 31.0 Å². The Balaban J connectivity index is 0.000000621. The van der Waals surface area contributed by atoms with Crippen molar-refractivity contribution < 1.29 is 33.5 Å². The Hall–Kier alpha value is -0.950. The monoisotopic (exact) mass is 321 g/mol. The summed E-state index contributed by atoms with van der Waals surface area (Å²) in [6.45, 7) is 2.15. The highest BCUT2D eigenvalue weighted by molar-refractivity contribution is 6.49. The van der Waals surface area contributed by atoms with Crippen molar-refractivity contribution in [2.45, 2.75) is 13.3 Å². The van der Waals surface area contributed by atoms with Gasteiger partial charge in [0.05, 0.1) is 5.03 Å². The molecule has 0 amide bonds. The van der Waals surface area contributed by atoms with Crippen LogP contribution in [0.1, 0.15) is 18.1 Å². The van der Waals surface area contributed by atoms with E-state index < -0.39 is 10.2 Å². The van der Waals surface area contributed by atoms with Gasteiger partial charge in [-0.15, -0.1) is 10.2 Å². The Morgan fingerprint density at radius 1 is 1.15 bits per heavy atom. The van der Waals surface area contributed by atoms with Crippen LogP contribution in [-0.4, -0.2) is 24.9 Å². The Morgan fingerprint density at radius 3 is 1.95 bits per heavy atom. The second-order valence-corrected chi connectivity index (χ2v) is 5.22. The van der Waals surface area contributed by atoms with Gasteiger partial charge in [0.15, 0.2) is 6.21 Å². The number of nitrogens with zero attached hydrogens (tertiary/aromatic N) is 1. The van der Waals surface area contributed by atoms with Gasteiger partial charge in [-0.25, -0.2) is 23.2 Å². The Bertz CT molecular complexity index is 454. The maximum atomic E-state index is 8.49. The molecule has 20 heavy (non-hydrogen) atoms. The molecule has 0 heterocycles. The summed E-state index contributed by atoms with van der Waals surface area (Å²) >= 11 is 6.15. The maximum absolute atomic E-state index is 8.49. The molecule has 0 unspecified atom stereocenters. The van der Waals surface area contributed by atoms with Crippen molar-refractivity contribution in [2.75, 3.05) is 14.1 Å². The molecule has 112 valence electrons. The van der Waals surface area contributed by atoms with Crippen molar-refractivity contribution in [3.8, 4) is 0 Å². The van der Waals surface area contributed by atoms with E-state index in [1.54, 1.807) is 0 Å². The molecular formula is C13H17Cl2NO4. The van der Waals surface area contributed by atoms with E-state index in [4.69, 9.17) is 30.2 Å². The molecule has 0 aliphatic heterocycles. The minimum absolute atomic E-state index is 0.770. The van der Waals surface area contributed by atoms with E-state index in [-0.39, 0.29) is 0 Å². The molecule has 0 aliphatic carbocycles. The van der Waals surface area contributed by atoms with Crippen molar-refractivity contribution in [1.82, 2.24) is 0 Å². The zero-order chi connectivity index (χ0) is 15.8. The summed E-state index contributed by atoms with van der Waals surface area (Å²) in [5, 5.41) is 0.770. The van der Waals surface area contributed by atoms with Gasteiger partial charge in [0.2, 0.25) is 0 Å². The van der Waals surface area contributed by atoms with Crippen molar-refractivity contribution in [2.24, 2.45) is 0 Å². The van der Waals surface area contributed by atoms with Gasteiger partial charge in [-0.3, -0.25) is 0 Å². The van der Waals surface area contributed by atoms with Gasteiger partial charge >= 0.3 is 0 Å². The zero-order valence-electron chi connectivity index (χ0n) is 11.5. The van der Waals surface area contributed by atoms with Gasteiger partial charge in [-0.05, 0) is 17.5 Å². The lowest BCUT2D eigenvalue weighted by Gasteiger charge is -2.17. The first-order valence-corrected chi connectivity index (χ1v) is 7.33. The van der Waals surface area contributed by atoms with Crippen LogP contribution in [0.25, 0.3) is 5.03 Å². The molecule has 0 saturated carbocycles. The van der Waals surface area contributed by atoms with Crippen LogP contribution in [0, 0.1) is 10.2 Å². The molecule has 1 aromatic carbocycles. The van der Waals surface area contributed by atoms with Gasteiger partial charge in [0.25, 0.3) is 0 Å². The molecule has 5 nitrogen and oxygen atoms in total. The van der Waals surface area contributed by atoms with Crippen molar-refractivity contribution in [3.63, 3.8) is 0 Å². The molecule has 1 aromatic rings. The molecule has 0 fully saturated rings. The van der Waals surface area contributed by atoms with Crippen LogP contribution in [0.15, 0.2) is 30.3 Å². The SMILES string of the molecule is CCc1ccc(/C(Cl)=C/C=[N+](C)C)cc1.[O-][Cl+3]([O-])([O-])[O-]. The van der Waals surface area contributed by atoms with Crippen molar-refractivity contribution in [1.29, 1.82) is 0 Å². The number of halogens is 2. The number of allylic oxidation sites excluding steroid dienone is 1. The van der Waals surface area contributed by atoms with Crippen molar-refractivity contribution in [3.05, 3.63) is 41.5 Å². The highest BCUT2D eigenvalue weighted by atomic mass is 35.7. The molecule has 7 heteroatoms. The van der Waals surface area contributed by atoms with Gasteiger partial charge in [-0.1, -0.05) is 42.8 Å². The maximum Gasteiger partial charge on any atom is 0.164 e. The topological polar surface area (TPSA) is 95.2 Å². The van der Waals surface area contributed by atoms with Gasteiger partial charge in [0.1, 0.15) is 14.1 Å². The molecular weight excluding hydrogens is 305 g/mol. The summed E-state index contributed by atoms with van der Waals surface area (Å²) in [6.07, 6.45) is 4.91. The van der Waals surface area contributed by atoms with Crippen LogP contribution >= 0.6 is 11.6 Å². The minimum Gasteiger partial charge on any atom is -0.241 e. The van der Waals surface area contributed by atoms with Gasteiger partial charge < -0.3 is 0 Å². The molecule has 0 aromatic heterocycles. The first-order valence-electron chi connectivity index (χ1n) is 5.71. The fraction of sp³-hybridized carbons (Fsp3) is 0.308. The highest BCUT2D eigenvalue weighted by Crippen LogP contribution is 2.18. The molecule has 0 radical (unpaired) electrons. The predicted octanol–water partition coefficient (Wildman–Crippen LogP) is -1.58. The Morgan fingerprint density at radius 2 is 1.60 bits per heavy atom. The molecule has 0 saturated heterocycles. The summed E-state index contributed by atoms with van der Waals surface area (Å²) in [5.41, 5.74) is 2.40. The Kier molecular flexibility index (Phi) is 8.64. The van der Waals surface area contributed by atoms with Gasteiger partial charge in [0, 0.05) is 6.08 Å². The zero-order valence-corrected chi connectivity index (χ0v) is 13.0. The third-order valence-corrected chi connectivity index (χ3v) is 2.50. The summed E-state index contributed by atoms with van der Waals surface area (Å²) in [5.74, 6) is 0. The molecule has 0 N–H and O–H groups in total. The third-order valence-electron chi connectivity index (χ3n) is 2.16. The normalized spacial score (nSPS) is 11.5. The van der Waals surface area contributed by atoms with Crippen LogP contribution in [0.4, 0.5) is 0 Å². The highest BCUT2D eigenvalue weighted by Gasteiger charge is 1.97. The Labute approximate surface area is 125 Å². The molecule has 0 spiro atoms. The van der Waals surface area contributed by atoms with E-state index in [2.05, 4.69) is 31.2 Å². The molecule has 1 rings (SSSR count). The number of rotatable bonds is 3. The van der Waals surface area contributed by atoms with Gasteiger partial charge in [-0.2, -0.15) is 0 Å². The average molecular weight is 322 g/mol. The third kappa shape index (κ3) is 10.9. The lowest BCUT2D eigenvalue weighted by atomic mass is 10.1. The van der Waals surface area contributed by atoms with E-state index in [1.165, 1.54) is 5.56 Å². The second kappa shape index (κ2) is 9.07. The standard InChI is InChI=1S/C13H17ClN.ClHO4/c1-4-11-5-7-12(8-6-11)13(14)9-10-15(2)3;2-1(3,4)5/h5-10H,4H2,1-3H3;(H,2,3,4,5)/q+1;/p-1/b13-9-;. The van der Waals surface area contributed by atoms with E-state index >= 15 is 0 Å². The fourth-order valence-electron chi connectivity index (χ4n) is 1.21. The van der Waals surface area contributed by atoms with E-state index in [0.717, 1.165) is 17.0 Å². The minimum atomic E-state index is -4.94. The number of aryl methyl sites for hydroxylation is 1. The number of hydrogen-bond donors (Lipinski definition) is 0. The summed E-state index contributed by atoms with van der Waals surface area (Å²) in [4.78, 5) is 0. The lowest BCUT2D eigenvalue weighted by molar-refractivity contribution is -2.00. The van der Waals surface area contributed by atoms with Crippen LogP contribution in [0.3, 0.4) is 0 Å². The van der Waals surface area contributed by atoms with E-state index in [9.17, 15) is 0 Å². The second-order valence-electron chi connectivity index (χ2n) is 4.06. The number of hydrogen-bond acceptors (Lipinski definition) is 4. The van der Waals surface area contributed by atoms with Crippen LogP contribution < -0.4 is 18.6 Å². The molecule has 0 atom stereocenters.